The number of ether oxygens (including phenoxy) is 2. The van der Waals surface area contributed by atoms with Crippen LogP contribution < -0.4 is 15.2 Å². The normalized spacial score (nSPS) is 34.6. The minimum absolute atomic E-state index is 0.153. The topological polar surface area (TPSA) is 47.7 Å². The van der Waals surface area contributed by atoms with Gasteiger partial charge in [-0.1, -0.05) is 6.07 Å². The Morgan fingerprint density at radius 2 is 2.24 bits per heavy atom. The summed E-state index contributed by atoms with van der Waals surface area (Å²) in [6.45, 7) is 2.11. The second kappa shape index (κ2) is 4.62. The Balaban J connectivity index is 1.90. The van der Waals surface area contributed by atoms with Gasteiger partial charge in [0.2, 0.25) is 0 Å². The van der Waals surface area contributed by atoms with Crippen LogP contribution in [0.4, 0.5) is 0 Å². The van der Waals surface area contributed by atoms with Gasteiger partial charge in [0.15, 0.2) is 11.5 Å². The molecule has 0 radical (unpaired) electrons. The number of nitrogens with two attached hydrogens (primary N) is 1. The maximum Gasteiger partial charge on any atom is 0.165 e. The van der Waals surface area contributed by atoms with Crippen molar-refractivity contribution in [3.63, 3.8) is 0 Å². The number of hydrogen-bond acceptors (Lipinski definition) is 4. The van der Waals surface area contributed by atoms with Gasteiger partial charge < -0.3 is 20.1 Å². The quantitative estimate of drug-likeness (QED) is 0.859. The third-order valence-electron chi connectivity index (χ3n) is 5.66. The molecule has 4 nitrogen and oxygen atoms in total. The van der Waals surface area contributed by atoms with E-state index in [1.807, 2.05) is 0 Å². The number of methoxy groups -OCH3 is 1. The van der Waals surface area contributed by atoms with Crippen LogP contribution >= 0.6 is 0 Å². The third kappa shape index (κ3) is 1.82. The maximum absolute atomic E-state index is 6.39. The molecule has 1 aliphatic carbocycles. The Labute approximate surface area is 126 Å². The van der Waals surface area contributed by atoms with Crippen LogP contribution in [0.1, 0.15) is 36.8 Å². The van der Waals surface area contributed by atoms with Crippen molar-refractivity contribution in [2.45, 2.75) is 49.8 Å². The lowest BCUT2D eigenvalue weighted by Crippen LogP contribution is -2.48. The summed E-state index contributed by atoms with van der Waals surface area (Å²) in [5, 5.41) is 0. The van der Waals surface area contributed by atoms with Crippen LogP contribution in [0.25, 0.3) is 0 Å². The Kier molecular flexibility index (Phi) is 2.95. The van der Waals surface area contributed by atoms with Crippen LogP contribution in [0.2, 0.25) is 0 Å². The van der Waals surface area contributed by atoms with Gasteiger partial charge in [-0.05, 0) is 44.5 Å². The van der Waals surface area contributed by atoms with Crippen molar-refractivity contribution in [2.75, 3.05) is 20.7 Å². The summed E-state index contributed by atoms with van der Waals surface area (Å²) in [6.07, 6.45) is 4.58. The zero-order chi connectivity index (χ0) is 14.6. The fraction of sp³-hybridized carbons (Fsp3) is 0.647. The lowest BCUT2D eigenvalue weighted by molar-refractivity contribution is 0.0781. The number of hydrogen-bond donors (Lipinski definition) is 1. The zero-order valence-electron chi connectivity index (χ0n) is 12.9. The van der Waals surface area contributed by atoms with Gasteiger partial charge in [-0.15, -0.1) is 0 Å². The summed E-state index contributed by atoms with van der Waals surface area (Å²) >= 11 is 0. The van der Waals surface area contributed by atoms with Crippen molar-refractivity contribution < 1.29 is 9.47 Å². The lowest BCUT2D eigenvalue weighted by Gasteiger charge is -2.40. The molecule has 2 heterocycles. The van der Waals surface area contributed by atoms with E-state index in [0.717, 1.165) is 50.3 Å². The largest absolute Gasteiger partial charge is 0.493 e. The molecule has 1 spiro atoms. The highest BCUT2D eigenvalue weighted by Gasteiger charge is 2.54. The summed E-state index contributed by atoms with van der Waals surface area (Å²) in [4.78, 5) is 2.42. The van der Waals surface area contributed by atoms with Gasteiger partial charge in [-0.3, -0.25) is 0 Å². The summed E-state index contributed by atoms with van der Waals surface area (Å²) in [5.74, 6) is 1.87. The molecule has 1 saturated carbocycles. The summed E-state index contributed by atoms with van der Waals surface area (Å²) < 4.78 is 11.9. The van der Waals surface area contributed by atoms with Crippen molar-refractivity contribution in [1.29, 1.82) is 0 Å². The van der Waals surface area contributed by atoms with E-state index in [4.69, 9.17) is 15.2 Å². The zero-order valence-corrected chi connectivity index (χ0v) is 12.9. The minimum atomic E-state index is 0.153. The van der Waals surface area contributed by atoms with E-state index in [1.54, 1.807) is 7.11 Å². The van der Waals surface area contributed by atoms with E-state index < -0.39 is 0 Å². The van der Waals surface area contributed by atoms with E-state index in [1.165, 1.54) is 11.1 Å². The predicted molar refractivity (Wildman–Crippen MR) is 81.9 cm³/mol. The molecule has 21 heavy (non-hydrogen) atoms. The molecule has 2 N–H and O–H groups in total. The number of rotatable bonds is 1. The highest BCUT2D eigenvalue weighted by molar-refractivity contribution is 5.58. The van der Waals surface area contributed by atoms with Gasteiger partial charge >= 0.3 is 0 Å². The average molecular weight is 288 g/mol. The number of nitrogens with zero attached hydrogens (tertiary/aromatic N) is 1. The lowest BCUT2D eigenvalue weighted by atomic mass is 9.65. The smallest absolute Gasteiger partial charge is 0.165 e. The minimum Gasteiger partial charge on any atom is -0.493 e. The van der Waals surface area contributed by atoms with Crippen LogP contribution in [0, 0.1) is 0 Å². The summed E-state index contributed by atoms with van der Waals surface area (Å²) in [7, 11) is 3.93. The van der Waals surface area contributed by atoms with Crippen LogP contribution in [0.3, 0.4) is 0 Å². The predicted octanol–water partition coefficient (Wildman–Crippen LogP) is 2.04. The van der Waals surface area contributed by atoms with E-state index >= 15 is 0 Å². The Hall–Kier alpha value is -1.26. The van der Waals surface area contributed by atoms with E-state index in [2.05, 4.69) is 24.1 Å². The van der Waals surface area contributed by atoms with Gasteiger partial charge in [0, 0.05) is 30.0 Å². The first kappa shape index (κ1) is 13.4. The molecule has 0 unspecified atom stereocenters. The fourth-order valence-electron chi connectivity index (χ4n) is 4.54. The fourth-order valence-corrected chi connectivity index (χ4v) is 4.54. The van der Waals surface area contributed by atoms with Crippen molar-refractivity contribution in [1.82, 2.24) is 4.90 Å². The second-order valence-corrected chi connectivity index (χ2v) is 6.92. The molecule has 2 aliphatic heterocycles. The van der Waals surface area contributed by atoms with Gasteiger partial charge in [0.1, 0.15) is 6.10 Å². The van der Waals surface area contributed by atoms with Crippen LogP contribution in [-0.4, -0.2) is 37.7 Å². The van der Waals surface area contributed by atoms with Gasteiger partial charge in [-0.25, -0.2) is 0 Å². The molecule has 1 aromatic rings. The van der Waals surface area contributed by atoms with Crippen LogP contribution in [0.5, 0.6) is 11.5 Å². The molecule has 0 bridgehead atoms. The maximum atomic E-state index is 6.39. The van der Waals surface area contributed by atoms with Crippen molar-refractivity contribution in [3.8, 4) is 11.5 Å². The number of benzene rings is 1. The third-order valence-corrected chi connectivity index (χ3v) is 5.66. The van der Waals surface area contributed by atoms with Gasteiger partial charge in [0.05, 0.1) is 7.11 Å². The summed E-state index contributed by atoms with van der Waals surface area (Å²) in [5.41, 5.74) is 9.19. The SMILES string of the molecule is COc1ccc2c3c1O[C@H]1C[C@@H](N)CC[C@@]31CCN(C)C2. The summed E-state index contributed by atoms with van der Waals surface area (Å²) in [6, 6.07) is 4.55. The molecule has 1 aromatic carbocycles. The van der Waals surface area contributed by atoms with E-state index in [-0.39, 0.29) is 17.6 Å². The molecule has 3 aliphatic rings. The standard InChI is InChI=1S/C17H24N2O2/c1-19-8-7-17-6-5-12(18)9-14(17)21-16-13(20-2)4-3-11(10-19)15(16)17/h3-4,12,14H,5-10,18H2,1-2H3/t12-,14-,17-/m0/s1. The molecule has 1 fully saturated rings. The first-order valence-corrected chi connectivity index (χ1v) is 7.95. The molecular weight excluding hydrogens is 264 g/mol. The van der Waals surface area contributed by atoms with E-state index in [0.29, 0.717) is 0 Å². The Morgan fingerprint density at radius 3 is 3.05 bits per heavy atom. The molecule has 4 rings (SSSR count). The first-order chi connectivity index (χ1) is 10.1. The molecular formula is C17H24N2O2. The Bertz CT molecular complexity index is 574. The molecule has 0 amide bonds. The van der Waals surface area contributed by atoms with Crippen molar-refractivity contribution >= 4 is 0 Å². The van der Waals surface area contributed by atoms with Crippen molar-refractivity contribution in [3.05, 3.63) is 23.3 Å². The van der Waals surface area contributed by atoms with Crippen molar-refractivity contribution in [2.24, 2.45) is 5.73 Å². The van der Waals surface area contributed by atoms with Gasteiger partial charge in [-0.2, -0.15) is 0 Å². The molecule has 0 aromatic heterocycles. The van der Waals surface area contributed by atoms with Crippen LogP contribution in [-0.2, 0) is 12.0 Å². The average Bonchev–Trinajstić information content (AvgIpc) is 2.72. The molecule has 114 valence electrons. The van der Waals surface area contributed by atoms with Crippen LogP contribution in [0.15, 0.2) is 12.1 Å². The highest BCUT2D eigenvalue weighted by Crippen LogP contribution is 2.57. The molecule has 3 atom stereocenters. The monoisotopic (exact) mass is 288 g/mol. The molecule has 0 saturated heterocycles. The Morgan fingerprint density at radius 1 is 1.38 bits per heavy atom. The van der Waals surface area contributed by atoms with Gasteiger partial charge in [0.25, 0.3) is 0 Å². The van der Waals surface area contributed by atoms with E-state index in [9.17, 15) is 0 Å². The molecule has 4 heteroatoms. The second-order valence-electron chi connectivity index (χ2n) is 6.92. The first-order valence-electron chi connectivity index (χ1n) is 7.95. The highest BCUT2D eigenvalue weighted by atomic mass is 16.5.